The van der Waals surface area contributed by atoms with E-state index in [1.165, 1.54) is 0 Å². The summed E-state index contributed by atoms with van der Waals surface area (Å²) in [5, 5.41) is 7.55. The molecule has 112 valence electrons. The summed E-state index contributed by atoms with van der Waals surface area (Å²) in [6, 6.07) is 11.6. The molecule has 0 radical (unpaired) electrons. The van der Waals surface area contributed by atoms with Crippen molar-refractivity contribution in [3.63, 3.8) is 0 Å². The van der Waals surface area contributed by atoms with Gasteiger partial charge in [0.15, 0.2) is 17.2 Å². The smallest absolute Gasteiger partial charge is 0.198 e. The van der Waals surface area contributed by atoms with Crippen molar-refractivity contribution in [3.8, 4) is 11.3 Å². The minimum absolute atomic E-state index is 0.0546. The van der Waals surface area contributed by atoms with E-state index in [2.05, 4.69) is 30.6 Å². The molecule has 0 bridgehead atoms. The average molecular weight is 304 g/mol. The van der Waals surface area contributed by atoms with Gasteiger partial charge in [0.05, 0.1) is 6.54 Å². The minimum Gasteiger partial charge on any atom is -0.356 e. The molecular weight excluding hydrogens is 284 g/mol. The van der Waals surface area contributed by atoms with E-state index < -0.39 is 0 Å². The van der Waals surface area contributed by atoms with Crippen molar-refractivity contribution in [3.05, 3.63) is 42.1 Å². The fraction of sp³-hybridized carbons (Fsp3) is 0.375. The van der Waals surface area contributed by atoms with Gasteiger partial charge in [0.25, 0.3) is 0 Å². The van der Waals surface area contributed by atoms with Crippen LogP contribution in [0.15, 0.2) is 40.9 Å². The van der Waals surface area contributed by atoms with Crippen LogP contribution in [0.2, 0.25) is 0 Å². The molecule has 0 fully saturated rings. The number of carbonyl (C=O) groups excluding carboxylic acids is 1. The number of aromatic nitrogens is 1. The topological polar surface area (TPSA) is 55.1 Å². The van der Waals surface area contributed by atoms with Crippen molar-refractivity contribution in [1.29, 1.82) is 0 Å². The molecule has 0 saturated heterocycles. The molecule has 0 saturated carbocycles. The molecule has 1 aromatic carbocycles. The fourth-order valence-electron chi connectivity index (χ4n) is 1.86. The molecule has 1 N–H and O–H groups in total. The Bertz CT molecular complexity index is 583. The van der Waals surface area contributed by atoms with E-state index in [1.807, 2.05) is 30.3 Å². The van der Waals surface area contributed by atoms with Gasteiger partial charge in [0, 0.05) is 22.9 Å². The van der Waals surface area contributed by atoms with Gasteiger partial charge >= 0.3 is 0 Å². The highest BCUT2D eigenvalue weighted by Crippen LogP contribution is 2.19. The lowest BCUT2D eigenvalue weighted by Crippen LogP contribution is -2.37. The van der Waals surface area contributed by atoms with Gasteiger partial charge in [-0.3, -0.25) is 4.79 Å². The maximum atomic E-state index is 12.1. The maximum absolute atomic E-state index is 12.1. The third kappa shape index (κ3) is 4.19. The van der Waals surface area contributed by atoms with Crippen LogP contribution in [0.1, 0.15) is 24.3 Å². The molecule has 1 heterocycles. The van der Waals surface area contributed by atoms with Crippen molar-refractivity contribution in [2.24, 2.45) is 0 Å². The number of ketones is 1. The number of benzene rings is 1. The maximum Gasteiger partial charge on any atom is 0.198 e. The number of nitrogens with zero attached hydrogens (tertiary/aromatic N) is 1. The molecular formula is C16H20N2O2S. The van der Waals surface area contributed by atoms with Gasteiger partial charge in [-0.05, 0) is 13.2 Å². The Morgan fingerprint density at radius 2 is 2.05 bits per heavy atom. The number of Topliss-reactive ketones (excluding diaryl/α,β-unsaturated/α-hetero) is 1. The van der Waals surface area contributed by atoms with Gasteiger partial charge in [-0.15, -0.1) is 0 Å². The first kappa shape index (κ1) is 15.8. The molecule has 0 amide bonds. The lowest BCUT2D eigenvalue weighted by molar-refractivity contribution is 0.0979. The summed E-state index contributed by atoms with van der Waals surface area (Å²) in [5.41, 5.74) is 1.28. The second-order valence-electron chi connectivity index (χ2n) is 4.98. The molecule has 2 aromatic rings. The Hall–Kier alpha value is -1.59. The second-order valence-corrected chi connectivity index (χ2v) is 6.19. The third-order valence-corrected chi connectivity index (χ3v) is 4.67. The standard InChI is InChI=1S/C16H20N2O2S/c1-11(12(2)21-3)17-10-15(19)14-9-16(20-18-14)13-7-5-4-6-8-13/h4-9,11-12,17H,10H2,1-3H3. The van der Waals surface area contributed by atoms with Crippen molar-refractivity contribution in [2.45, 2.75) is 25.1 Å². The molecule has 2 rings (SSSR count). The van der Waals surface area contributed by atoms with E-state index in [9.17, 15) is 4.79 Å². The van der Waals surface area contributed by atoms with Crippen molar-refractivity contribution in [1.82, 2.24) is 10.5 Å². The summed E-state index contributed by atoms with van der Waals surface area (Å²) in [6.45, 7) is 4.48. The van der Waals surface area contributed by atoms with Gasteiger partial charge in [-0.2, -0.15) is 11.8 Å². The quantitative estimate of drug-likeness (QED) is 0.796. The van der Waals surface area contributed by atoms with Crippen LogP contribution in [0.4, 0.5) is 0 Å². The average Bonchev–Trinajstić information content (AvgIpc) is 3.02. The number of thioether (sulfide) groups is 1. The van der Waals surface area contributed by atoms with Crippen molar-refractivity contribution in [2.75, 3.05) is 12.8 Å². The fourth-order valence-corrected chi connectivity index (χ4v) is 2.36. The molecule has 0 aliphatic heterocycles. The molecule has 5 heteroatoms. The SMILES string of the molecule is CSC(C)C(C)NCC(=O)c1cc(-c2ccccc2)on1. The first-order valence-electron chi connectivity index (χ1n) is 6.93. The second kappa shape index (κ2) is 7.43. The molecule has 0 aliphatic rings. The van der Waals surface area contributed by atoms with Crippen LogP contribution in [0.5, 0.6) is 0 Å². The summed E-state index contributed by atoms with van der Waals surface area (Å²) in [6.07, 6.45) is 2.06. The van der Waals surface area contributed by atoms with Crippen LogP contribution in [-0.2, 0) is 0 Å². The van der Waals surface area contributed by atoms with Crippen LogP contribution in [0.3, 0.4) is 0 Å². The minimum atomic E-state index is -0.0546. The van der Waals surface area contributed by atoms with E-state index in [1.54, 1.807) is 17.8 Å². The Morgan fingerprint density at radius 1 is 1.33 bits per heavy atom. The summed E-state index contributed by atoms with van der Waals surface area (Å²) in [5.74, 6) is 0.561. The predicted molar refractivity (Wildman–Crippen MR) is 86.7 cm³/mol. The zero-order valence-electron chi connectivity index (χ0n) is 12.5. The first-order chi connectivity index (χ1) is 10.1. The summed E-state index contributed by atoms with van der Waals surface area (Å²) in [7, 11) is 0. The molecule has 0 aliphatic carbocycles. The highest BCUT2D eigenvalue weighted by Gasteiger charge is 2.16. The van der Waals surface area contributed by atoms with E-state index >= 15 is 0 Å². The van der Waals surface area contributed by atoms with Crippen LogP contribution in [-0.4, -0.2) is 35.0 Å². The molecule has 21 heavy (non-hydrogen) atoms. The van der Waals surface area contributed by atoms with Gasteiger partial charge in [0.1, 0.15) is 0 Å². The molecule has 0 spiro atoms. The third-order valence-electron chi connectivity index (χ3n) is 3.51. The zero-order valence-corrected chi connectivity index (χ0v) is 13.3. The van der Waals surface area contributed by atoms with E-state index in [0.717, 1.165) is 5.56 Å². The van der Waals surface area contributed by atoms with E-state index in [4.69, 9.17) is 4.52 Å². The Kier molecular flexibility index (Phi) is 5.59. The monoisotopic (exact) mass is 304 g/mol. The molecule has 2 atom stereocenters. The Balaban J connectivity index is 1.97. The van der Waals surface area contributed by atoms with Gasteiger partial charge in [-0.1, -0.05) is 42.4 Å². The lowest BCUT2D eigenvalue weighted by atomic mass is 10.1. The Labute approximate surface area is 129 Å². The summed E-state index contributed by atoms with van der Waals surface area (Å²) < 4.78 is 5.24. The number of hydrogen-bond acceptors (Lipinski definition) is 5. The molecule has 4 nitrogen and oxygen atoms in total. The van der Waals surface area contributed by atoms with Crippen LogP contribution >= 0.6 is 11.8 Å². The summed E-state index contributed by atoms with van der Waals surface area (Å²) in [4.78, 5) is 12.1. The van der Waals surface area contributed by atoms with Gasteiger partial charge in [0.2, 0.25) is 0 Å². The predicted octanol–water partition coefficient (Wildman–Crippen LogP) is 3.25. The number of carbonyl (C=O) groups is 1. The van der Waals surface area contributed by atoms with Crippen molar-refractivity contribution >= 4 is 17.5 Å². The van der Waals surface area contributed by atoms with Crippen LogP contribution < -0.4 is 5.32 Å². The number of nitrogens with one attached hydrogen (secondary N) is 1. The van der Waals surface area contributed by atoms with Crippen LogP contribution in [0.25, 0.3) is 11.3 Å². The summed E-state index contributed by atoms with van der Waals surface area (Å²) >= 11 is 1.77. The van der Waals surface area contributed by atoms with E-state index in [-0.39, 0.29) is 18.4 Å². The van der Waals surface area contributed by atoms with Crippen molar-refractivity contribution < 1.29 is 9.32 Å². The van der Waals surface area contributed by atoms with Crippen LogP contribution in [0, 0.1) is 0 Å². The lowest BCUT2D eigenvalue weighted by Gasteiger charge is -2.18. The normalized spacial score (nSPS) is 13.9. The zero-order chi connectivity index (χ0) is 15.2. The van der Waals surface area contributed by atoms with Gasteiger partial charge in [-0.25, -0.2) is 0 Å². The van der Waals surface area contributed by atoms with E-state index in [0.29, 0.717) is 16.7 Å². The van der Waals surface area contributed by atoms with Gasteiger partial charge < -0.3 is 9.84 Å². The highest BCUT2D eigenvalue weighted by atomic mass is 32.2. The molecule has 1 aromatic heterocycles. The highest BCUT2D eigenvalue weighted by molar-refractivity contribution is 7.99. The largest absolute Gasteiger partial charge is 0.356 e. The number of hydrogen-bond donors (Lipinski definition) is 1. The molecule has 2 unspecified atom stereocenters. The number of rotatable bonds is 7. The first-order valence-corrected chi connectivity index (χ1v) is 8.22. The Morgan fingerprint density at radius 3 is 2.71 bits per heavy atom.